The number of imidazole rings is 1. The molecule has 3 aromatic rings. The molecule has 0 aliphatic heterocycles. The summed E-state index contributed by atoms with van der Waals surface area (Å²) in [4.78, 5) is 28.9. The molecule has 2 amide bonds. The van der Waals surface area contributed by atoms with Crippen LogP contribution in [0.3, 0.4) is 0 Å². The third kappa shape index (κ3) is 4.41. The third-order valence-corrected chi connectivity index (χ3v) is 5.00. The quantitative estimate of drug-likeness (QED) is 0.529. The van der Waals surface area contributed by atoms with Crippen LogP contribution >= 0.6 is 22.9 Å². The molecule has 146 valence electrons. The SMILES string of the molecule is C=CC(=O)Nc1csc(C(=O)Nc2nc3cccc(Cl)c3n2CC(C)(C)O)c1. The zero-order valence-electron chi connectivity index (χ0n) is 15.3. The minimum Gasteiger partial charge on any atom is -0.389 e. The van der Waals surface area contributed by atoms with Crippen molar-refractivity contribution in [1.29, 1.82) is 0 Å². The highest BCUT2D eigenvalue weighted by molar-refractivity contribution is 7.12. The van der Waals surface area contributed by atoms with Crippen molar-refractivity contribution in [1.82, 2.24) is 9.55 Å². The minimum absolute atomic E-state index is 0.188. The van der Waals surface area contributed by atoms with Gasteiger partial charge >= 0.3 is 0 Å². The normalized spacial score (nSPS) is 11.4. The number of benzene rings is 1. The molecule has 0 aliphatic carbocycles. The molecule has 9 heteroatoms. The van der Waals surface area contributed by atoms with Crippen LogP contribution in [0.1, 0.15) is 23.5 Å². The number of carbonyl (C=O) groups is 2. The number of aliphatic hydroxyl groups is 1. The number of nitrogens with one attached hydrogen (secondary N) is 2. The highest BCUT2D eigenvalue weighted by Gasteiger charge is 2.22. The van der Waals surface area contributed by atoms with Gasteiger partial charge in [0.05, 0.1) is 38.8 Å². The lowest BCUT2D eigenvalue weighted by molar-refractivity contribution is -0.111. The Kier molecular flexibility index (Phi) is 5.55. The van der Waals surface area contributed by atoms with Gasteiger partial charge in [-0.05, 0) is 38.1 Å². The van der Waals surface area contributed by atoms with Crippen molar-refractivity contribution in [2.45, 2.75) is 26.0 Å². The van der Waals surface area contributed by atoms with E-state index in [0.29, 0.717) is 26.6 Å². The second-order valence-electron chi connectivity index (χ2n) is 6.79. The highest BCUT2D eigenvalue weighted by atomic mass is 35.5. The number of rotatable bonds is 6. The maximum absolute atomic E-state index is 12.7. The number of thiophene rings is 1. The Morgan fingerprint density at radius 2 is 2.14 bits per heavy atom. The van der Waals surface area contributed by atoms with E-state index in [1.165, 1.54) is 11.3 Å². The number of para-hydroxylation sites is 1. The second kappa shape index (κ2) is 7.75. The Morgan fingerprint density at radius 1 is 1.39 bits per heavy atom. The summed E-state index contributed by atoms with van der Waals surface area (Å²) >= 11 is 7.51. The van der Waals surface area contributed by atoms with Crippen LogP contribution in [0.5, 0.6) is 0 Å². The van der Waals surface area contributed by atoms with E-state index in [4.69, 9.17) is 11.6 Å². The van der Waals surface area contributed by atoms with Crippen molar-refractivity contribution in [3.05, 3.63) is 52.2 Å². The lowest BCUT2D eigenvalue weighted by Crippen LogP contribution is -2.27. The molecular formula is C19H19ClN4O3S. The summed E-state index contributed by atoms with van der Waals surface area (Å²) in [5.41, 5.74) is 0.703. The fraction of sp³-hybridized carbons (Fsp3) is 0.211. The molecule has 0 fully saturated rings. The van der Waals surface area contributed by atoms with Gasteiger partial charge in [0.15, 0.2) is 0 Å². The van der Waals surface area contributed by atoms with Crippen molar-refractivity contribution in [3.8, 4) is 0 Å². The Balaban J connectivity index is 1.92. The molecular weight excluding hydrogens is 400 g/mol. The van der Waals surface area contributed by atoms with E-state index >= 15 is 0 Å². The number of amides is 2. The molecule has 2 aromatic heterocycles. The Hall–Kier alpha value is -2.68. The van der Waals surface area contributed by atoms with Crippen LogP contribution in [-0.4, -0.2) is 32.1 Å². The van der Waals surface area contributed by atoms with Gasteiger partial charge in [-0.1, -0.05) is 24.2 Å². The fourth-order valence-electron chi connectivity index (χ4n) is 2.66. The molecule has 0 saturated heterocycles. The van der Waals surface area contributed by atoms with Gasteiger partial charge in [-0.2, -0.15) is 0 Å². The number of hydrogen-bond donors (Lipinski definition) is 3. The molecule has 0 spiro atoms. The van der Waals surface area contributed by atoms with Crippen molar-refractivity contribution >= 4 is 57.4 Å². The van der Waals surface area contributed by atoms with Gasteiger partial charge in [0.2, 0.25) is 11.9 Å². The van der Waals surface area contributed by atoms with Crippen LogP contribution in [0.25, 0.3) is 11.0 Å². The molecule has 0 bridgehead atoms. The summed E-state index contributed by atoms with van der Waals surface area (Å²) in [6, 6.07) is 6.85. The summed E-state index contributed by atoms with van der Waals surface area (Å²) in [5.74, 6) is -0.459. The largest absolute Gasteiger partial charge is 0.389 e. The van der Waals surface area contributed by atoms with Gasteiger partial charge in [0.25, 0.3) is 5.91 Å². The van der Waals surface area contributed by atoms with Gasteiger partial charge in [-0.15, -0.1) is 11.3 Å². The molecule has 28 heavy (non-hydrogen) atoms. The number of hydrogen-bond acceptors (Lipinski definition) is 5. The van der Waals surface area contributed by atoms with Crippen molar-refractivity contribution in [3.63, 3.8) is 0 Å². The van der Waals surface area contributed by atoms with E-state index in [2.05, 4.69) is 22.2 Å². The Bertz CT molecular complexity index is 1060. The van der Waals surface area contributed by atoms with E-state index in [-0.39, 0.29) is 24.3 Å². The molecule has 1 aromatic carbocycles. The first kappa shape index (κ1) is 20.1. The predicted octanol–water partition coefficient (Wildman–Crippen LogP) is 3.90. The number of nitrogens with zero attached hydrogens (tertiary/aromatic N) is 2. The number of halogens is 1. The summed E-state index contributed by atoms with van der Waals surface area (Å²) in [5, 5.41) is 17.8. The number of aromatic nitrogens is 2. The van der Waals surface area contributed by atoms with Crippen LogP contribution in [0.15, 0.2) is 42.3 Å². The maximum Gasteiger partial charge on any atom is 0.268 e. The van der Waals surface area contributed by atoms with Crippen molar-refractivity contribution in [2.75, 3.05) is 10.6 Å². The molecule has 0 unspecified atom stereocenters. The summed E-state index contributed by atoms with van der Waals surface area (Å²) < 4.78 is 1.68. The van der Waals surface area contributed by atoms with Crippen LogP contribution in [0.4, 0.5) is 11.6 Å². The molecule has 3 rings (SSSR count). The van der Waals surface area contributed by atoms with E-state index < -0.39 is 5.60 Å². The Labute approximate surface area is 170 Å². The third-order valence-electron chi connectivity index (χ3n) is 3.76. The number of anilines is 2. The molecule has 0 aliphatic rings. The number of fused-ring (bicyclic) bond motifs is 1. The second-order valence-corrected chi connectivity index (χ2v) is 8.11. The van der Waals surface area contributed by atoms with Crippen LogP contribution in [0, 0.1) is 0 Å². The highest BCUT2D eigenvalue weighted by Crippen LogP contribution is 2.29. The summed E-state index contributed by atoms with van der Waals surface area (Å²) in [7, 11) is 0. The van der Waals surface area contributed by atoms with E-state index in [0.717, 1.165) is 6.08 Å². The predicted molar refractivity (Wildman–Crippen MR) is 112 cm³/mol. The average molecular weight is 419 g/mol. The van der Waals surface area contributed by atoms with Crippen LogP contribution in [0.2, 0.25) is 5.02 Å². The maximum atomic E-state index is 12.7. The van der Waals surface area contributed by atoms with Gasteiger partial charge < -0.3 is 15.0 Å². The molecule has 3 N–H and O–H groups in total. The first-order chi connectivity index (χ1) is 13.2. The summed E-state index contributed by atoms with van der Waals surface area (Å²) in [6.45, 7) is 6.90. The van der Waals surface area contributed by atoms with Crippen LogP contribution in [-0.2, 0) is 11.3 Å². The first-order valence-corrected chi connectivity index (χ1v) is 9.64. The Morgan fingerprint density at radius 3 is 2.82 bits per heavy atom. The molecule has 0 atom stereocenters. The van der Waals surface area contributed by atoms with E-state index in [1.54, 1.807) is 48.1 Å². The van der Waals surface area contributed by atoms with Gasteiger partial charge in [0.1, 0.15) is 0 Å². The van der Waals surface area contributed by atoms with Crippen molar-refractivity contribution < 1.29 is 14.7 Å². The van der Waals surface area contributed by atoms with Gasteiger partial charge in [-0.3, -0.25) is 14.9 Å². The smallest absolute Gasteiger partial charge is 0.268 e. The number of carbonyl (C=O) groups excluding carboxylic acids is 2. The minimum atomic E-state index is -1.04. The monoisotopic (exact) mass is 418 g/mol. The molecule has 2 heterocycles. The first-order valence-electron chi connectivity index (χ1n) is 8.38. The molecule has 7 nitrogen and oxygen atoms in total. The zero-order chi connectivity index (χ0) is 20.5. The molecule has 0 saturated carbocycles. The average Bonchev–Trinajstić information content (AvgIpc) is 3.19. The molecule has 0 radical (unpaired) electrons. The van der Waals surface area contributed by atoms with E-state index in [1.807, 2.05) is 0 Å². The van der Waals surface area contributed by atoms with Crippen molar-refractivity contribution in [2.24, 2.45) is 0 Å². The zero-order valence-corrected chi connectivity index (χ0v) is 16.9. The topological polar surface area (TPSA) is 96.3 Å². The fourth-order valence-corrected chi connectivity index (χ4v) is 3.66. The standard InChI is InChI=1S/C19H19ClN4O3S/c1-4-15(25)21-11-8-14(28-9-11)17(26)23-18-22-13-7-5-6-12(20)16(13)24(18)10-19(2,3)27/h4-9,27H,1,10H2,2-3H3,(H,21,25)(H,22,23,26). The lowest BCUT2D eigenvalue weighted by Gasteiger charge is -2.20. The van der Waals surface area contributed by atoms with E-state index in [9.17, 15) is 14.7 Å². The van der Waals surface area contributed by atoms with Gasteiger partial charge in [-0.25, -0.2) is 4.98 Å². The summed E-state index contributed by atoms with van der Waals surface area (Å²) in [6.07, 6.45) is 1.15. The lowest BCUT2D eigenvalue weighted by atomic mass is 10.1. The van der Waals surface area contributed by atoms with Crippen LogP contribution < -0.4 is 10.6 Å². The van der Waals surface area contributed by atoms with Gasteiger partial charge in [0, 0.05) is 5.38 Å².